The molecule has 0 spiro atoms. The highest BCUT2D eigenvalue weighted by molar-refractivity contribution is 9.10. The van der Waals surface area contributed by atoms with E-state index < -0.39 is 0 Å². The SMILES string of the molecule is COc1cc(OC)c2cnc(Br)cc2c1. The van der Waals surface area contributed by atoms with Crippen molar-refractivity contribution in [2.24, 2.45) is 0 Å². The predicted molar refractivity (Wildman–Crippen MR) is 62.5 cm³/mol. The van der Waals surface area contributed by atoms with Crippen LogP contribution in [0.2, 0.25) is 0 Å². The van der Waals surface area contributed by atoms with Crippen LogP contribution in [0.3, 0.4) is 0 Å². The topological polar surface area (TPSA) is 31.4 Å². The van der Waals surface area contributed by atoms with Crippen LogP contribution >= 0.6 is 15.9 Å². The maximum absolute atomic E-state index is 5.27. The highest BCUT2D eigenvalue weighted by Gasteiger charge is 2.05. The molecule has 3 nitrogen and oxygen atoms in total. The third-order valence-electron chi connectivity index (χ3n) is 2.19. The lowest BCUT2D eigenvalue weighted by atomic mass is 10.1. The molecule has 0 amide bonds. The Labute approximate surface area is 96.2 Å². The molecule has 0 aliphatic rings. The van der Waals surface area contributed by atoms with E-state index in [1.54, 1.807) is 20.4 Å². The minimum atomic E-state index is 0.768. The first-order chi connectivity index (χ1) is 7.24. The van der Waals surface area contributed by atoms with Crippen molar-refractivity contribution in [3.63, 3.8) is 0 Å². The molecule has 0 bridgehead atoms. The molecular formula is C11H10BrNO2. The number of halogens is 1. The first-order valence-corrected chi connectivity index (χ1v) is 5.21. The summed E-state index contributed by atoms with van der Waals surface area (Å²) in [4.78, 5) is 4.17. The maximum Gasteiger partial charge on any atom is 0.131 e. The highest BCUT2D eigenvalue weighted by atomic mass is 79.9. The second kappa shape index (κ2) is 4.06. The van der Waals surface area contributed by atoms with Crippen molar-refractivity contribution in [2.45, 2.75) is 0 Å². The molecule has 0 aliphatic heterocycles. The van der Waals surface area contributed by atoms with E-state index in [1.165, 1.54) is 0 Å². The zero-order valence-electron chi connectivity index (χ0n) is 8.45. The molecule has 0 aliphatic carbocycles. The van der Waals surface area contributed by atoms with Crippen molar-refractivity contribution in [3.05, 3.63) is 29.0 Å². The zero-order chi connectivity index (χ0) is 10.8. The van der Waals surface area contributed by atoms with Crippen LogP contribution in [0.1, 0.15) is 0 Å². The second-order valence-corrected chi connectivity index (χ2v) is 3.87. The van der Waals surface area contributed by atoms with Crippen LogP contribution in [-0.4, -0.2) is 19.2 Å². The van der Waals surface area contributed by atoms with Gasteiger partial charge in [0.05, 0.1) is 14.2 Å². The number of nitrogens with zero attached hydrogens (tertiary/aromatic N) is 1. The molecule has 0 fully saturated rings. The number of hydrogen-bond acceptors (Lipinski definition) is 3. The molecular weight excluding hydrogens is 258 g/mol. The van der Waals surface area contributed by atoms with E-state index in [9.17, 15) is 0 Å². The van der Waals surface area contributed by atoms with Gasteiger partial charge >= 0.3 is 0 Å². The summed E-state index contributed by atoms with van der Waals surface area (Å²) in [6.45, 7) is 0. The number of ether oxygens (including phenoxy) is 2. The lowest BCUT2D eigenvalue weighted by molar-refractivity contribution is 0.398. The van der Waals surface area contributed by atoms with Gasteiger partial charge in [-0.2, -0.15) is 0 Å². The molecule has 0 atom stereocenters. The van der Waals surface area contributed by atoms with Crippen molar-refractivity contribution >= 4 is 26.7 Å². The van der Waals surface area contributed by atoms with Gasteiger partial charge in [-0.1, -0.05) is 0 Å². The van der Waals surface area contributed by atoms with Gasteiger partial charge in [-0.05, 0) is 33.4 Å². The van der Waals surface area contributed by atoms with Crippen molar-refractivity contribution in [1.29, 1.82) is 0 Å². The van der Waals surface area contributed by atoms with E-state index in [2.05, 4.69) is 20.9 Å². The van der Waals surface area contributed by atoms with E-state index >= 15 is 0 Å². The van der Waals surface area contributed by atoms with Gasteiger partial charge in [0.15, 0.2) is 0 Å². The minimum absolute atomic E-state index is 0.768. The van der Waals surface area contributed by atoms with Crippen LogP contribution in [0.15, 0.2) is 29.0 Å². The highest BCUT2D eigenvalue weighted by Crippen LogP contribution is 2.31. The van der Waals surface area contributed by atoms with Crippen molar-refractivity contribution in [2.75, 3.05) is 14.2 Å². The number of rotatable bonds is 2. The summed E-state index contributed by atoms with van der Waals surface area (Å²) in [6.07, 6.45) is 1.78. The van der Waals surface area contributed by atoms with Crippen molar-refractivity contribution in [1.82, 2.24) is 4.98 Å². The number of benzene rings is 1. The van der Waals surface area contributed by atoms with Gasteiger partial charge in [0.2, 0.25) is 0 Å². The average Bonchev–Trinajstić information content (AvgIpc) is 2.26. The Morgan fingerprint density at radius 2 is 1.93 bits per heavy atom. The van der Waals surface area contributed by atoms with Crippen LogP contribution < -0.4 is 9.47 Å². The standard InChI is InChI=1S/C11H10BrNO2/c1-14-8-3-7-4-11(12)13-6-9(7)10(5-8)15-2/h3-6H,1-2H3. The molecule has 0 N–H and O–H groups in total. The largest absolute Gasteiger partial charge is 0.497 e. The first-order valence-electron chi connectivity index (χ1n) is 4.42. The molecule has 0 unspecified atom stereocenters. The van der Waals surface area contributed by atoms with Crippen molar-refractivity contribution in [3.8, 4) is 11.5 Å². The van der Waals surface area contributed by atoms with Crippen LogP contribution in [0.4, 0.5) is 0 Å². The van der Waals surface area contributed by atoms with Crippen LogP contribution in [0.5, 0.6) is 11.5 Å². The monoisotopic (exact) mass is 267 g/mol. The quantitative estimate of drug-likeness (QED) is 0.784. The summed E-state index contributed by atoms with van der Waals surface area (Å²) in [5, 5.41) is 2.01. The molecule has 78 valence electrons. The van der Waals surface area contributed by atoms with E-state index in [1.807, 2.05) is 18.2 Å². The predicted octanol–water partition coefficient (Wildman–Crippen LogP) is 3.01. The number of fused-ring (bicyclic) bond motifs is 1. The lowest BCUT2D eigenvalue weighted by Crippen LogP contribution is -1.89. The fourth-order valence-electron chi connectivity index (χ4n) is 1.46. The van der Waals surface area contributed by atoms with Gasteiger partial charge < -0.3 is 9.47 Å². The second-order valence-electron chi connectivity index (χ2n) is 3.06. The summed E-state index contributed by atoms with van der Waals surface area (Å²) in [6, 6.07) is 5.72. The molecule has 0 saturated carbocycles. The van der Waals surface area contributed by atoms with Crippen LogP contribution in [-0.2, 0) is 0 Å². The first kappa shape index (κ1) is 10.2. The Balaban J connectivity index is 2.74. The summed E-state index contributed by atoms with van der Waals surface area (Å²) in [5.74, 6) is 1.54. The molecule has 1 aromatic heterocycles. The third kappa shape index (κ3) is 1.90. The Morgan fingerprint density at radius 1 is 1.13 bits per heavy atom. The summed E-state index contributed by atoms with van der Waals surface area (Å²) >= 11 is 3.33. The normalized spacial score (nSPS) is 10.3. The van der Waals surface area contributed by atoms with Crippen LogP contribution in [0.25, 0.3) is 10.8 Å². The number of pyridine rings is 1. The molecule has 2 rings (SSSR count). The smallest absolute Gasteiger partial charge is 0.131 e. The maximum atomic E-state index is 5.27. The van der Waals surface area contributed by atoms with Gasteiger partial charge in [-0.25, -0.2) is 4.98 Å². The Bertz CT molecular complexity index is 499. The zero-order valence-corrected chi connectivity index (χ0v) is 10.0. The lowest BCUT2D eigenvalue weighted by Gasteiger charge is -2.08. The van der Waals surface area contributed by atoms with E-state index in [-0.39, 0.29) is 0 Å². The summed E-state index contributed by atoms with van der Waals surface area (Å²) in [7, 11) is 3.27. The fourth-order valence-corrected chi connectivity index (χ4v) is 1.81. The molecule has 15 heavy (non-hydrogen) atoms. The fraction of sp³-hybridized carbons (Fsp3) is 0.182. The van der Waals surface area contributed by atoms with Gasteiger partial charge in [-0.15, -0.1) is 0 Å². The average molecular weight is 268 g/mol. The van der Waals surface area contributed by atoms with E-state index in [0.29, 0.717) is 0 Å². The Hall–Kier alpha value is -1.29. The van der Waals surface area contributed by atoms with Crippen molar-refractivity contribution < 1.29 is 9.47 Å². The van der Waals surface area contributed by atoms with E-state index in [0.717, 1.165) is 26.9 Å². The van der Waals surface area contributed by atoms with Gasteiger partial charge in [-0.3, -0.25) is 0 Å². The molecule has 4 heteroatoms. The van der Waals surface area contributed by atoms with Gasteiger partial charge in [0.1, 0.15) is 16.1 Å². The minimum Gasteiger partial charge on any atom is -0.497 e. The Kier molecular flexibility index (Phi) is 2.77. The Morgan fingerprint density at radius 3 is 2.60 bits per heavy atom. The molecule has 2 aromatic rings. The summed E-state index contributed by atoms with van der Waals surface area (Å²) in [5.41, 5.74) is 0. The number of aromatic nitrogens is 1. The van der Waals surface area contributed by atoms with Crippen LogP contribution in [0, 0.1) is 0 Å². The van der Waals surface area contributed by atoms with Gasteiger partial charge in [0.25, 0.3) is 0 Å². The third-order valence-corrected chi connectivity index (χ3v) is 2.63. The molecule has 1 aromatic carbocycles. The molecule has 0 radical (unpaired) electrons. The summed E-state index contributed by atoms with van der Waals surface area (Å²) < 4.78 is 11.3. The molecule has 1 heterocycles. The number of methoxy groups -OCH3 is 2. The molecule has 0 saturated heterocycles. The number of hydrogen-bond donors (Lipinski definition) is 0. The van der Waals surface area contributed by atoms with E-state index in [4.69, 9.17) is 9.47 Å². The van der Waals surface area contributed by atoms with Gasteiger partial charge in [0, 0.05) is 17.6 Å².